The Bertz CT molecular complexity index is 286. The number of hydrogen-bond acceptors (Lipinski definition) is 3. The molecule has 0 bridgehead atoms. The number of halogens is 2. The van der Waals surface area contributed by atoms with E-state index in [0.29, 0.717) is 0 Å². The molecule has 1 aromatic carbocycles. The molecule has 0 saturated carbocycles. The van der Waals surface area contributed by atoms with Crippen molar-refractivity contribution in [1.82, 2.24) is 0 Å². The van der Waals surface area contributed by atoms with Crippen molar-refractivity contribution in [2.75, 3.05) is 13.2 Å². The van der Waals surface area contributed by atoms with Crippen molar-refractivity contribution in [2.24, 2.45) is 0 Å². The van der Waals surface area contributed by atoms with Crippen molar-refractivity contribution < 1.29 is 19.3 Å². The molecule has 0 spiro atoms. The lowest BCUT2D eigenvalue weighted by Crippen LogP contribution is -2.21. The molecular formula is C9H10ClFO3. The highest BCUT2D eigenvalue weighted by molar-refractivity contribution is 6.32. The van der Waals surface area contributed by atoms with Crippen LogP contribution in [0.15, 0.2) is 18.2 Å². The van der Waals surface area contributed by atoms with E-state index in [-0.39, 0.29) is 17.4 Å². The maximum Gasteiger partial charge on any atom is 0.173 e. The fraction of sp³-hybridized carbons (Fsp3) is 0.333. The number of hydrogen-bond donors (Lipinski definition) is 2. The van der Waals surface area contributed by atoms with Crippen molar-refractivity contribution in [1.29, 1.82) is 0 Å². The van der Waals surface area contributed by atoms with Crippen LogP contribution in [0.5, 0.6) is 5.75 Å². The molecule has 14 heavy (non-hydrogen) atoms. The zero-order valence-electron chi connectivity index (χ0n) is 7.28. The fourth-order valence-electron chi connectivity index (χ4n) is 0.853. The van der Waals surface area contributed by atoms with Gasteiger partial charge in [0, 0.05) is 0 Å². The molecule has 2 N–H and O–H groups in total. The molecule has 1 atom stereocenters. The van der Waals surface area contributed by atoms with Gasteiger partial charge in [0.05, 0.1) is 11.6 Å². The van der Waals surface area contributed by atoms with Gasteiger partial charge < -0.3 is 14.9 Å². The first-order valence-electron chi connectivity index (χ1n) is 4.01. The molecule has 0 aromatic heterocycles. The average Bonchev–Trinajstić information content (AvgIpc) is 2.16. The van der Waals surface area contributed by atoms with Gasteiger partial charge in [0.2, 0.25) is 0 Å². The first-order valence-corrected chi connectivity index (χ1v) is 4.38. The zero-order chi connectivity index (χ0) is 10.6. The summed E-state index contributed by atoms with van der Waals surface area (Å²) in [6.07, 6.45) is -1.04. The first kappa shape index (κ1) is 11.2. The molecule has 78 valence electrons. The Hall–Kier alpha value is -0.840. The number of benzene rings is 1. The Kier molecular flexibility index (Phi) is 4.13. The first-order chi connectivity index (χ1) is 6.65. The fourth-order valence-corrected chi connectivity index (χ4v) is 1.07. The topological polar surface area (TPSA) is 49.7 Å². The van der Waals surface area contributed by atoms with E-state index in [1.54, 1.807) is 0 Å². The van der Waals surface area contributed by atoms with Crippen LogP contribution < -0.4 is 4.74 Å². The van der Waals surface area contributed by atoms with Crippen LogP contribution in [0.1, 0.15) is 0 Å². The lowest BCUT2D eigenvalue weighted by Gasteiger charge is -2.11. The van der Waals surface area contributed by atoms with E-state index >= 15 is 0 Å². The third-order valence-electron chi connectivity index (χ3n) is 1.55. The van der Waals surface area contributed by atoms with Gasteiger partial charge in [0.25, 0.3) is 0 Å². The highest BCUT2D eigenvalue weighted by Gasteiger charge is 2.10. The summed E-state index contributed by atoms with van der Waals surface area (Å²) < 4.78 is 18.0. The van der Waals surface area contributed by atoms with Crippen molar-refractivity contribution in [2.45, 2.75) is 6.10 Å². The third kappa shape index (κ3) is 2.83. The predicted octanol–water partition coefficient (Wildman–Crippen LogP) is 1.21. The molecule has 5 heteroatoms. The summed E-state index contributed by atoms with van der Waals surface area (Å²) in [7, 11) is 0. The Morgan fingerprint density at radius 1 is 1.50 bits per heavy atom. The summed E-state index contributed by atoms with van der Waals surface area (Å²) >= 11 is 5.65. The van der Waals surface area contributed by atoms with Crippen LogP contribution >= 0.6 is 11.6 Å². The lowest BCUT2D eigenvalue weighted by atomic mass is 10.3. The minimum Gasteiger partial charge on any atom is -0.486 e. The van der Waals surface area contributed by atoms with Gasteiger partial charge in [-0.05, 0) is 12.1 Å². The second-order valence-corrected chi connectivity index (χ2v) is 3.11. The van der Waals surface area contributed by atoms with Gasteiger partial charge in [-0.1, -0.05) is 17.7 Å². The molecule has 0 aliphatic heterocycles. The van der Waals surface area contributed by atoms with Crippen LogP contribution in [0.3, 0.4) is 0 Å². The largest absolute Gasteiger partial charge is 0.486 e. The van der Waals surface area contributed by atoms with E-state index in [1.165, 1.54) is 18.2 Å². The molecular weight excluding hydrogens is 211 g/mol. The summed E-state index contributed by atoms with van der Waals surface area (Å²) in [5.74, 6) is -0.704. The lowest BCUT2D eigenvalue weighted by molar-refractivity contribution is 0.0524. The summed E-state index contributed by atoms with van der Waals surface area (Å²) in [4.78, 5) is 0. The molecule has 0 fully saturated rings. The number of ether oxygens (including phenoxy) is 1. The molecule has 1 unspecified atom stereocenters. The highest BCUT2D eigenvalue weighted by atomic mass is 35.5. The quantitative estimate of drug-likeness (QED) is 0.802. The number of aliphatic hydroxyl groups excluding tert-OH is 2. The van der Waals surface area contributed by atoms with Crippen LogP contribution in [-0.4, -0.2) is 29.5 Å². The molecule has 1 rings (SSSR count). The standard InChI is InChI=1S/C9H10ClFO3/c10-7-2-1-3-8(11)9(7)14-5-6(13)4-12/h1-3,6,12-13H,4-5H2. The molecule has 0 amide bonds. The zero-order valence-corrected chi connectivity index (χ0v) is 8.04. The molecule has 1 aromatic rings. The van der Waals surface area contributed by atoms with Crippen LogP contribution in [0.2, 0.25) is 5.02 Å². The Morgan fingerprint density at radius 3 is 2.79 bits per heavy atom. The van der Waals surface area contributed by atoms with E-state index < -0.39 is 18.5 Å². The van der Waals surface area contributed by atoms with Crippen molar-refractivity contribution >= 4 is 11.6 Å². The molecule has 0 aliphatic carbocycles. The highest BCUT2D eigenvalue weighted by Crippen LogP contribution is 2.27. The number of para-hydroxylation sites is 1. The maximum absolute atomic E-state index is 13.1. The van der Waals surface area contributed by atoms with Crippen LogP contribution in [0.4, 0.5) is 4.39 Å². The van der Waals surface area contributed by atoms with E-state index in [4.69, 9.17) is 26.6 Å². The Morgan fingerprint density at radius 2 is 2.21 bits per heavy atom. The second kappa shape index (κ2) is 5.14. The van der Waals surface area contributed by atoms with Crippen molar-refractivity contribution in [3.63, 3.8) is 0 Å². The van der Waals surface area contributed by atoms with Crippen LogP contribution in [0, 0.1) is 5.82 Å². The van der Waals surface area contributed by atoms with E-state index in [2.05, 4.69) is 0 Å². The van der Waals surface area contributed by atoms with Gasteiger partial charge >= 0.3 is 0 Å². The van der Waals surface area contributed by atoms with Gasteiger partial charge in [-0.2, -0.15) is 0 Å². The Balaban J connectivity index is 2.66. The van der Waals surface area contributed by atoms with Crippen LogP contribution in [-0.2, 0) is 0 Å². The molecule has 3 nitrogen and oxygen atoms in total. The summed E-state index contributed by atoms with van der Waals surface area (Å²) in [5, 5.41) is 17.6. The predicted molar refractivity (Wildman–Crippen MR) is 50.0 cm³/mol. The molecule has 0 radical (unpaired) electrons. The van der Waals surface area contributed by atoms with Crippen molar-refractivity contribution in [3.05, 3.63) is 29.0 Å². The smallest absolute Gasteiger partial charge is 0.173 e. The van der Waals surface area contributed by atoms with Gasteiger partial charge in [-0.15, -0.1) is 0 Å². The minimum absolute atomic E-state index is 0.110. The van der Waals surface area contributed by atoms with Gasteiger partial charge in [0.15, 0.2) is 11.6 Å². The summed E-state index contributed by atoms with van der Waals surface area (Å²) in [6.45, 7) is -0.636. The van der Waals surface area contributed by atoms with E-state index in [0.717, 1.165) is 0 Å². The average molecular weight is 221 g/mol. The SMILES string of the molecule is OCC(O)COc1c(F)cccc1Cl. The normalized spacial score (nSPS) is 12.6. The monoisotopic (exact) mass is 220 g/mol. The maximum atomic E-state index is 13.1. The van der Waals surface area contributed by atoms with Gasteiger partial charge in [-0.3, -0.25) is 0 Å². The summed E-state index contributed by atoms with van der Waals surface area (Å²) in [6, 6.07) is 4.13. The summed E-state index contributed by atoms with van der Waals surface area (Å²) in [5.41, 5.74) is 0. The van der Waals surface area contributed by atoms with E-state index in [1.807, 2.05) is 0 Å². The number of aliphatic hydroxyl groups is 2. The van der Waals surface area contributed by atoms with Crippen molar-refractivity contribution in [3.8, 4) is 5.75 Å². The third-order valence-corrected chi connectivity index (χ3v) is 1.85. The minimum atomic E-state index is -1.04. The van der Waals surface area contributed by atoms with E-state index in [9.17, 15) is 4.39 Å². The molecule has 0 saturated heterocycles. The number of rotatable bonds is 4. The van der Waals surface area contributed by atoms with Gasteiger partial charge in [-0.25, -0.2) is 4.39 Å². The second-order valence-electron chi connectivity index (χ2n) is 2.70. The molecule has 0 aliphatic rings. The molecule has 0 heterocycles. The Labute approximate surface area is 85.7 Å². The van der Waals surface area contributed by atoms with Gasteiger partial charge in [0.1, 0.15) is 12.7 Å². The van der Waals surface area contributed by atoms with Crippen LogP contribution in [0.25, 0.3) is 0 Å².